The summed E-state index contributed by atoms with van der Waals surface area (Å²) >= 11 is 0. The van der Waals surface area contributed by atoms with Gasteiger partial charge in [0.1, 0.15) is 12.4 Å². The Labute approximate surface area is 149 Å². The first-order chi connectivity index (χ1) is 11.9. The van der Waals surface area contributed by atoms with E-state index in [1.165, 1.54) is 5.56 Å². The molecule has 0 saturated carbocycles. The van der Waals surface area contributed by atoms with Gasteiger partial charge < -0.3 is 15.2 Å². The Morgan fingerprint density at radius 1 is 1.28 bits per heavy atom. The monoisotopic (exact) mass is 348 g/mol. The third-order valence-corrected chi connectivity index (χ3v) is 4.61. The molecule has 0 aliphatic carbocycles. The summed E-state index contributed by atoms with van der Waals surface area (Å²) in [6.07, 6.45) is 0. The molecule has 0 aromatic heterocycles. The molecule has 1 saturated heterocycles. The molecule has 1 heterocycles. The number of likely N-dealkylation sites (tertiary alicyclic amines) is 1. The number of carbonyl (C=O) groups excluding carboxylic acids is 1. The molecule has 6 heteroatoms. The standard InChI is InChI=1S/C19H28N2O4/c1-13(2)15-4-6-16(7-5-15)25-9-8-20-18(22)12-21-10-14(3)17(11-21)19(23)24/h4-7,13-14,17H,8-12H2,1-3H3,(H,20,22)(H,23,24)/t14-,17-/m1/s1. The van der Waals surface area contributed by atoms with Gasteiger partial charge in [0.2, 0.25) is 5.91 Å². The molecule has 2 atom stereocenters. The van der Waals surface area contributed by atoms with Crippen LogP contribution in [0.3, 0.4) is 0 Å². The van der Waals surface area contributed by atoms with Crippen molar-refractivity contribution in [3.63, 3.8) is 0 Å². The van der Waals surface area contributed by atoms with Gasteiger partial charge in [0.05, 0.1) is 19.0 Å². The van der Waals surface area contributed by atoms with Gasteiger partial charge in [0.15, 0.2) is 0 Å². The molecule has 1 aromatic carbocycles. The summed E-state index contributed by atoms with van der Waals surface area (Å²) in [4.78, 5) is 25.0. The highest BCUT2D eigenvalue weighted by Gasteiger charge is 2.35. The summed E-state index contributed by atoms with van der Waals surface area (Å²) in [6, 6.07) is 7.97. The van der Waals surface area contributed by atoms with E-state index in [2.05, 4.69) is 19.2 Å². The molecule has 1 fully saturated rings. The lowest BCUT2D eigenvalue weighted by Crippen LogP contribution is -2.38. The van der Waals surface area contributed by atoms with Crippen LogP contribution in [0.25, 0.3) is 0 Å². The number of carboxylic acid groups (broad SMARTS) is 1. The van der Waals surface area contributed by atoms with Gasteiger partial charge in [-0.3, -0.25) is 14.5 Å². The van der Waals surface area contributed by atoms with Crippen LogP contribution in [0.15, 0.2) is 24.3 Å². The molecule has 1 aliphatic rings. The number of nitrogens with zero attached hydrogens (tertiary/aromatic N) is 1. The van der Waals surface area contributed by atoms with E-state index < -0.39 is 5.97 Å². The number of ether oxygens (including phenoxy) is 1. The Bertz CT molecular complexity index is 586. The fraction of sp³-hybridized carbons (Fsp3) is 0.579. The van der Waals surface area contributed by atoms with E-state index in [9.17, 15) is 9.59 Å². The van der Waals surface area contributed by atoms with Gasteiger partial charge >= 0.3 is 5.97 Å². The maximum atomic E-state index is 12.0. The first-order valence-electron chi connectivity index (χ1n) is 8.81. The lowest BCUT2D eigenvalue weighted by atomic mass is 9.99. The van der Waals surface area contributed by atoms with Gasteiger partial charge in [0, 0.05) is 13.1 Å². The minimum Gasteiger partial charge on any atom is -0.492 e. The second-order valence-electron chi connectivity index (χ2n) is 7.04. The molecular weight excluding hydrogens is 320 g/mol. The zero-order valence-corrected chi connectivity index (χ0v) is 15.2. The number of hydrogen-bond acceptors (Lipinski definition) is 4. The van der Waals surface area contributed by atoms with Crippen molar-refractivity contribution >= 4 is 11.9 Å². The number of amides is 1. The Hall–Kier alpha value is -2.08. The van der Waals surface area contributed by atoms with Crippen LogP contribution in [0.1, 0.15) is 32.3 Å². The van der Waals surface area contributed by atoms with Crippen LogP contribution < -0.4 is 10.1 Å². The molecule has 1 amide bonds. The van der Waals surface area contributed by atoms with Gasteiger partial charge in [-0.15, -0.1) is 0 Å². The molecule has 0 spiro atoms. The van der Waals surface area contributed by atoms with Gasteiger partial charge in [-0.05, 0) is 29.5 Å². The molecule has 2 rings (SSSR count). The minimum atomic E-state index is -0.785. The van der Waals surface area contributed by atoms with Crippen LogP contribution >= 0.6 is 0 Å². The molecule has 25 heavy (non-hydrogen) atoms. The topological polar surface area (TPSA) is 78.9 Å². The van der Waals surface area contributed by atoms with Gasteiger partial charge in [-0.2, -0.15) is 0 Å². The van der Waals surface area contributed by atoms with Gasteiger partial charge in [-0.25, -0.2) is 0 Å². The Balaban J connectivity index is 1.65. The summed E-state index contributed by atoms with van der Waals surface area (Å²) < 4.78 is 5.62. The maximum absolute atomic E-state index is 12.0. The Kier molecular flexibility index (Phi) is 6.82. The smallest absolute Gasteiger partial charge is 0.308 e. The third-order valence-electron chi connectivity index (χ3n) is 4.61. The molecule has 138 valence electrons. The number of aliphatic carboxylic acids is 1. The van der Waals surface area contributed by atoms with Crippen molar-refractivity contribution in [1.82, 2.24) is 10.2 Å². The van der Waals surface area contributed by atoms with Crippen molar-refractivity contribution in [1.29, 1.82) is 0 Å². The van der Waals surface area contributed by atoms with Crippen LogP contribution in [0.5, 0.6) is 5.75 Å². The molecule has 0 radical (unpaired) electrons. The van der Waals surface area contributed by atoms with Crippen LogP contribution in [0.2, 0.25) is 0 Å². The predicted octanol–water partition coefficient (Wildman–Crippen LogP) is 1.96. The second kappa shape index (κ2) is 8.85. The van der Waals surface area contributed by atoms with Gasteiger partial charge in [-0.1, -0.05) is 32.9 Å². The molecule has 2 N–H and O–H groups in total. The molecule has 1 aliphatic heterocycles. The maximum Gasteiger partial charge on any atom is 0.308 e. The van der Waals surface area contributed by atoms with Crippen LogP contribution in [0, 0.1) is 11.8 Å². The SMILES string of the molecule is CC(C)c1ccc(OCCNC(=O)CN2C[C@@H](C)[C@H](C(=O)O)C2)cc1. The lowest BCUT2D eigenvalue weighted by molar-refractivity contribution is -0.142. The second-order valence-corrected chi connectivity index (χ2v) is 7.04. The zero-order chi connectivity index (χ0) is 18.4. The summed E-state index contributed by atoms with van der Waals surface area (Å²) in [5.41, 5.74) is 1.26. The fourth-order valence-electron chi connectivity index (χ4n) is 3.09. The van der Waals surface area contributed by atoms with E-state index in [1.54, 1.807) is 0 Å². The number of rotatable bonds is 8. The summed E-state index contributed by atoms with van der Waals surface area (Å²) in [7, 11) is 0. The van der Waals surface area contributed by atoms with Crippen molar-refractivity contribution in [2.24, 2.45) is 11.8 Å². The van der Waals surface area contributed by atoms with Crippen molar-refractivity contribution in [2.75, 3.05) is 32.8 Å². The van der Waals surface area contributed by atoms with Crippen molar-refractivity contribution in [2.45, 2.75) is 26.7 Å². The number of nitrogens with one attached hydrogen (secondary N) is 1. The summed E-state index contributed by atoms with van der Waals surface area (Å²) in [5.74, 6) is 0.0790. The summed E-state index contributed by atoms with van der Waals surface area (Å²) in [6.45, 7) is 8.34. The average molecular weight is 348 g/mol. The largest absolute Gasteiger partial charge is 0.492 e. The minimum absolute atomic E-state index is 0.0717. The van der Waals surface area contributed by atoms with E-state index >= 15 is 0 Å². The molecule has 6 nitrogen and oxygen atoms in total. The van der Waals surface area contributed by atoms with E-state index in [0.717, 1.165) is 5.75 Å². The van der Waals surface area contributed by atoms with Crippen molar-refractivity contribution in [3.8, 4) is 5.75 Å². The van der Waals surface area contributed by atoms with Crippen molar-refractivity contribution in [3.05, 3.63) is 29.8 Å². The van der Waals surface area contributed by atoms with Crippen LogP contribution in [-0.4, -0.2) is 54.7 Å². The highest BCUT2D eigenvalue weighted by Crippen LogP contribution is 2.22. The molecule has 0 unspecified atom stereocenters. The normalized spacial score (nSPS) is 20.6. The first-order valence-corrected chi connectivity index (χ1v) is 8.81. The first kappa shape index (κ1) is 19.2. The molecule has 1 aromatic rings. The predicted molar refractivity (Wildman–Crippen MR) is 95.8 cm³/mol. The molecular formula is C19H28N2O4. The average Bonchev–Trinajstić information content (AvgIpc) is 2.92. The number of carboxylic acids is 1. The highest BCUT2D eigenvalue weighted by atomic mass is 16.5. The Morgan fingerprint density at radius 2 is 1.96 bits per heavy atom. The van der Waals surface area contributed by atoms with E-state index in [-0.39, 0.29) is 24.3 Å². The lowest BCUT2D eigenvalue weighted by Gasteiger charge is -2.15. The number of benzene rings is 1. The van der Waals surface area contributed by atoms with E-state index in [4.69, 9.17) is 9.84 Å². The van der Waals surface area contributed by atoms with Crippen LogP contribution in [0.4, 0.5) is 0 Å². The van der Waals surface area contributed by atoms with E-state index in [0.29, 0.717) is 32.2 Å². The molecule has 0 bridgehead atoms. The number of carbonyl (C=O) groups is 2. The third kappa shape index (κ3) is 5.74. The zero-order valence-electron chi connectivity index (χ0n) is 15.2. The van der Waals surface area contributed by atoms with Crippen molar-refractivity contribution < 1.29 is 19.4 Å². The van der Waals surface area contributed by atoms with E-state index in [1.807, 2.05) is 36.1 Å². The van der Waals surface area contributed by atoms with Crippen LogP contribution in [-0.2, 0) is 9.59 Å². The quantitative estimate of drug-likeness (QED) is 0.702. The van der Waals surface area contributed by atoms with Gasteiger partial charge in [0.25, 0.3) is 0 Å². The summed E-state index contributed by atoms with van der Waals surface area (Å²) in [5, 5.41) is 11.9. The number of hydrogen-bond donors (Lipinski definition) is 2. The fourth-order valence-corrected chi connectivity index (χ4v) is 3.09. The Morgan fingerprint density at radius 3 is 2.52 bits per heavy atom. The highest BCUT2D eigenvalue weighted by molar-refractivity contribution is 5.78.